The second-order valence-corrected chi connectivity index (χ2v) is 4.94. The van der Waals surface area contributed by atoms with E-state index in [9.17, 15) is 8.78 Å². The van der Waals surface area contributed by atoms with Crippen molar-refractivity contribution in [2.75, 3.05) is 6.54 Å². The van der Waals surface area contributed by atoms with Crippen LogP contribution in [0, 0.1) is 0 Å². The lowest BCUT2D eigenvalue weighted by atomic mass is 10.0. The average molecular weight is 255 g/mol. The van der Waals surface area contributed by atoms with E-state index in [-0.39, 0.29) is 0 Å². The molecule has 0 bridgehead atoms. The van der Waals surface area contributed by atoms with E-state index >= 15 is 0 Å². The number of hydrogen-bond acceptors (Lipinski definition) is 2. The quantitative estimate of drug-likeness (QED) is 0.859. The lowest BCUT2D eigenvalue weighted by Crippen LogP contribution is -2.37. The van der Waals surface area contributed by atoms with E-state index in [1.165, 1.54) is 4.70 Å². The van der Waals surface area contributed by atoms with Crippen molar-refractivity contribution in [3.8, 4) is 0 Å². The summed E-state index contributed by atoms with van der Waals surface area (Å²) in [5, 5.41) is 5.98. The number of alkyl halides is 2. The minimum atomic E-state index is -2.33. The molecule has 1 nitrogen and oxygen atoms in total. The molecule has 17 heavy (non-hydrogen) atoms. The van der Waals surface area contributed by atoms with Crippen LogP contribution in [-0.2, 0) is 6.42 Å². The Hall–Kier alpha value is -1.00. The molecular formula is C13H15F2NS. The molecule has 1 aromatic heterocycles. The third-order valence-electron chi connectivity index (χ3n) is 2.74. The van der Waals surface area contributed by atoms with Gasteiger partial charge in [-0.3, -0.25) is 0 Å². The van der Waals surface area contributed by atoms with Crippen LogP contribution in [0.3, 0.4) is 0 Å². The van der Waals surface area contributed by atoms with Crippen molar-refractivity contribution in [1.29, 1.82) is 0 Å². The first-order valence-corrected chi connectivity index (χ1v) is 6.56. The summed E-state index contributed by atoms with van der Waals surface area (Å²) in [6.07, 6.45) is -1.95. The van der Waals surface area contributed by atoms with E-state index in [4.69, 9.17) is 0 Å². The molecule has 0 spiro atoms. The summed E-state index contributed by atoms with van der Waals surface area (Å²) in [7, 11) is 0. The fraction of sp³-hybridized carbons (Fsp3) is 0.385. The third kappa shape index (κ3) is 3.01. The maximum atomic E-state index is 12.8. The van der Waals surface area contributed by atoms with Crippen molar-refractivity contribution in [3.05, 3.63) is 35.2 Å². The van der Waals surface area contributed by atoms with Gasteiger partial charge in [-0.1, -0.05) is 19.1 Å². The van der Waals surface area contributed by atoms with Crippen molar-refractivity contribution >= 4 is 21.4 Å². The highest BCUT2D eigenvalue weighted by Gasteiger charge is 2.19. The molecule has 0 aliphatic carbocycles. The highest BCUT2D eigenvalue weighted by Crippen LogP contribution is 2.22. The van der Waals surface area contributed by atoms with E-state index in [1.54, 1.807) is 11.3 Å². The zero-order valence-electron chi connectivity index (χ0n) is 9.62. The molecule has 0 saturated heterocycles. The Kier molecular flexibility index (Phi) is 4.07. The second-order valence-electron chi connectivity index (χ2n) is 4.00. The first kappa shape index (κ1) is 12.5. The average Bonchev–Trinajstić information content (AvgIpc) is 2.75. The number of benzene rings is 1. The number of nitrogens with one attached hydrogen (secondary N) is 1. The Bertz CT molecular complexity index is 481. The predicted molar refractivity (Wildman–Crippen MR) is 69.0 cm³/mol. The normalized spacial score (nSPS) is 13.4. The summed E-state index contributed by atoms with van der Waals surface area (Å²) in [6, 6.07) is 7.21. The van der Waals surface area contributed by atoms with Gasteiger partial charge in [0.2, 0.25) is 0 Å². The van der Waals surface area contributed by atoms with E-state index in [1.807, 2.05) is 36.6 Å². The van der Waals surface area contributed by atoms with Crippen LogP contribution in [0.15, 0.2) is 29.6 Å². The van der Waals surface area contributed by atoms with E-state index in [2.05, 4.69) is 5.32 Å². The van der Waals surface area contributed by atoms with Gasteiger partial charge in [0, 0.05) is 4.70 Å². The Labute approximate surface area is 103 Å². The highest BCUT2D eigenvalue weighted by molar-refractivity contribution is 7.17. The van der Waals surface area contributed by atoms with Gasteiger partial charge < -0.3 is 5.32 Å². The van der Waals surface area contributed by atoms with E-state index in [0.29, 0.717) is 13.0 Å². The molecule has 0 fully saturated rings. The first-order chi connectivity index (χ1) is 8.20. The van der Waals surface area contributed by atoms with Gasteiger partial charge in [0.1, 0.15) is 0 Å². The van der Waals surface area contributed by atoms with Crippen molar-refractivity contribution in [2.24, 2.45) is 0 Å². The molecule has 0 saturated carbocycles. The van der Waals surface area contributed by atoms with Crippen molar-refractivity contribution in [2.45, 2.75) is 25.8 Å². The monoisotopic (exact) mass is 255 g/mol. The van der Waals surface area contributed by atoms with E-state index < -0.39 is 12.5 Å². The topological polar surface area (TPSA) is 12.0 Å². The van der Waals surface area contributed by atoms with Crippen LogP contribution in [0.25, 0.3) is 10.1 Å². The minimum Gasteiger partial charge on any atom is -0.309 e. The molecule has 1 atom stereocenters. The van der Waals surface area contributed by atoms with Crippen molar-refractivity contribution in [1.82, 2.24) is 5.32 Å². The molecule has 1 heterocycles. The summed E-state index contributed by atoms with van der Waals surface area (Å²) in [5.74, 6) is 0. The molecule has 2 rings (SSSR count). The number of halogens is 2. The molecular weight excluding hydrogens is 240 g/mol. The Morgan fingerprint density at radius 3 is 2.82 bits per heavy atom. The minimum absolute atomic E-state index is 0.372. The van der Waals surface area contributed by atoms with Gasteiger partial charge in [-0.05, 0) is 41.4 Å². The summed E-state index contributed by atoms with van der Waals surface area (Å²) < 4.78 is 26.7. The second kappa shape index (κ2) is 5.56. The molecule has 92 valence electrons. The largest absolute Gasteiger partial charge is 0.309 e. The third-order valence-corrected chi connectivity index (χ3v) is 3.64. The van der Waals surface area contributed by atoms with Crippen LogP contribution in [0.2, 0.25) is 0 Å². The van der Waals surface area contributed by atoms with Crippen molar-refractivity contribution in [3.63, 3.8) is 0 Å². The van der Waals surface area contributed by atoms with E-state index in [0.717, 1.165) is 10.9 Å². The first-order valence-electron chi connectivity index (χ1n) is 5.68. The van der Waals surface area contributed by atoms with Gasteiger partial charge in [0.25, 0.3) is 6.43 Å². The van der Waals surface area contributed by atoms with Crippen LogP contribution in [-0.4, -0.2) is 19.0 Å². The standard InChI is InChI=1S/C13H15F2NS/c1-2-16-11(13(14)15)8-9-3-4-12-10(7-9)5-6-17-12/h3-7,11,13,16H,2,8H2,1H3. The molecule has 1 N–H and O–H groups in total. The Morgan fingerprint density at radius 2 is 2.12 bits per heavy atom. The fourth-order valence-corrected chi connectivity index (χ4v) is 2.68. The Balaban J connectivity index is 2.15. The van der Waals surface area contributed by atoms with Gasteiger partial charge in [0.15, 0.2) is 0 Å². The molecule has 4 heteroatoms. The van der Waals surface area contributed by atoms with Gasteiger partial charge >= 0.3 is 0 Å². The van der Waals surface area contributed by atoms with Crippen LogP contribution >= 0.6 is 11.3 Å². The van der Waals surface area contributed by atoms with Crippen LogP contribution in [0.4, 0.5) is 8.78 Å². The summed E-state index contributed by atoms with van der Waals surface area (Å²) >= 11 is 1.67. The molecule has 0 amide bonds. The number of likely N-dealkylation sites (N-methyl/N-ethyl adjacent to an activating group) is 1. The zero-order chi connectivity index (χ0) is 12.3. The van der Waals surface area contributed by atoms with Crippen LogP contribution in [0.1, 0.15) is 12.5 Å². The zero-order valence-corrected chi connectivity index (χ0v) is 10.4. The maximum absolute atomic E-state index is 12.8. The lowest BCUT2D eigenvalue weighted by molar-refractivity contribution is 0.0991. The van der Waals surface area contributed by atoms with Crippen LogP contribution < -0.4 is 5.32 Å². The molecule has 2 aromatic rings. The molecule has 0 aliphatic heterocycles. The molecule has 0 aliphatic rings. The number of rotatable bonds is 5. The molecule has 0 radical (unpaired) electrons. The number of hydrogen-bond donors (Lipinski definition) is 1. The predicted octanol–water partition coefficient (Wildman–Crippen LogP) is 3.69. The number of thiophene rings is 1. The maximum Gasteiger partial charge on any atom is 0.254 e. The van der Waals surface area contributed by atoms with Gasteiger partial charge in [-0.2, -0.15) is 0 Å². The summed E-state index contributed by atoms with van der Waals surface area (Å²) in [4.78, 5) is 0. The van der Waals surface area contributed by atoms with Gasteiger partial charge in [-0.15, -0.1) is 11.3 Å². The van der Waals surface area contributed by atoms with Gasteiger partial charge in [-0.25, -0.2) is 8.78 Å². The highest BCUT2D eigenvalue weighted by atomic mass is 32.1. The van der Waals surface area contributed by atoms with Gasteiger partial charge in [0.05, 0.1) is 6.04 Å². The lowest BCUT2D eigenvalue weighted by Gasteiger charge is -2.16. The summed E-state index contributed by atoms with van der Waals surface area (Å²) in [6.45, 7) is 2.41. The number of fused-ring (bicyclic) bond motifs is 1. The molecule has 1 aromatic carbocycles. The SMILES string of the molecule is CCNC(Cc1ccc2sccc2c1)C(F)F. The Morgan fingerprint density at radius 1 is 1.29 bits per heavy atom. The summed E-state index contributed by atoms with van der Waals surface area (Å²) in [5.41, 5.74) is 0.960. The fourth-order valence-electron chi connectivity index (χ4n) is 1.91. The smallest absolute Gasteiger partial charge is 0.254 e. The van der Waals surface area contributed by atoms with Crippen molar-refractivity contribution < 1.29 is 8.78 Å². The molecule has 1 unspecified atom stereocenters. The van der Waals surface area contributed by atoms with Crippen LogP contribution in [0.5, 0.6) is 0 Å².